The second-order valence-electron chi connectivity index (χ2n) is 30.7. The van der Waals surface area contributed by atoms with Crippen molar-refractivity contribution in [2.75, 3.05) is 103 Å². The Balaban J connectivity index is 1.31. The first-order valence-corrected chi connectivity index (χ1v) is 37.4. The van der Waals surface area contributed by atoms with Crippen LogP contribution in [0.5, 0.6) is 0 Å². The van der Waals surface area contributed by atoms with Crippen LogP contribution in [-0.2, 0) is 67.0 Å². The lowest BCUT2D eigenvalue weighted by molar-refractivity contribution is -0.219. The van der Waals surface area contributed by atoms with E-state index in [4.69, 9.17) is 9.47 Å². The predicted molar refractivity (Wildman–Crippen MR) is 369 cm³/mol. The van der Waals surface area contributed by atoms with Gasteiger partial charge in [-0.05, 0) is 133 Å². The summed E-state index contributed by atoms with van der Waals surface area (Å²) in [5.41, 5.74) is -1.67. The van der Waals surface area contributed by atoms with Crippen LogP contribution in [0.25, 0.3) is 0 Å². The number of hydrogen-bond donors (Lipinski definition) is 3. The third-order valence-corrected chi connectivity index (χ3v) is 23.3. The molecule has 12 amide bonds. The summed E-state index contributed by atoms with van der Waals surface area (Å²) in [6.07, 6.45) is -9.32. The van der Waals surface area contributed by atoms with E-state index in [-0.39, 0.29) is 77.0 Å². The van der Waals surface area contributed by atoms with E-state index in [2.05, 4.69) is 16.0 Å². The molecule has 26 nitrogen and oxygen atoms in total. The van der Waals surface area contributed by atoms with Gasteiger partial charge in [-0.1, -0.05) is 46.0 Å². The van der Waals surface area contributed by atoms with Crippen molar-refractivity contribution in [2.45, 2.75) is 253 Å². The van der Waals surface area contributed by atoms with Crippen molar-refractivity contribution >= 4 is 70.9 Å². The van der Waals surface area contributed by atoms with E-state index in [0.29, 0.717) is 70.6 Å². The van der Waals surface area contributed by atoms with Gasteiger partial charge in [0.15, 0.2) is 0 Å². The molecule has 4 saturated carbocycles. The van der Waals surface area contributed by atoms with Crippen LogP contribution < -0.4 is 16.0 Å². The van der Waals surface area contributed by atoms with Crippen molar-refractivity contribution in [2.24, 2.45) is 29.6 Å². The molecule has 3 heterocycles. The van der Waals surface area contributed by atoms with Crippen LogP contribution in [0.1, 0.15) is 168 Å². The van der Waals surface area contributed by atoms with Crippen molar-refractivity contribution in [3.8, 4) is 0 Å². The Morgan fingerprint density at radius 3 is 1.84 bits per heavy atom. The second-order valence-corrected chi connectivity index (χ2v) is 30.7. The van der Waals surface area contributed by atoms with Gasteiger partial charge in [0.2, 0.25) is 70.9 Å². The van der Waals surface area contributed by atoms with Crippen LogP contribution in [-0.4, -0.2) is 303 Å². The monoisotopic (exact) mass is 1480 g/mol. The van der Waals surface area contributed by atoms with E-state index in [1.54, 1.807) is 20.8 Å². The molecular formula is C72H114F6N12O14. The predicted octanol–water partition coefficient (Wildman–Crippen LogP) is 4.33. The van der Waals surface area contributed by atoms with Crippen LogP contribution in [0.15, 0.2) is 0 Å². The fourth-order valence-corrected chi connectivity index (χ4v) is 16.6. The third-order valence-electron chi connectivity index (χ3n) is 23.3. The number of fused-ring (bicyclic) bond motifs is 3. The molecule has 3 saturated heterocycles. The summed E-state index contributed by atoms with van der Waals surface area (Å²) in [4.78, 5) is 191. The highest BCUT2D eigenvalue weighted by Crippen LogP contribution is 2.45. The number of halogens is 6. The fraction of sp³-hybridized carbons (Fsp3) is 0.833. The first-order chi connectivity index (χ1) is 49.0. The van der Waals surface area contributed by atoms with Crippen molar-refractivity contribution in [1.29, 1.82) is 0 Å². The summed E-state index contributed by atoms with van der Waals surface area (Å²) in [5, 5.41) is 8.41. The number of hydrogen-bond acceptors (Lipinski definition) is 14. The molecule has 7 rings (SSSR count). The average Bonchev–Trinajstić information content (AvgIpc) is 1.17. The Kier molecular flexibility index (Phi) is 30.1. The summed E-state index contributed by atoms with van der Waals surface area (Å²) in [6.45, 7) is 3.29. The summed E-state index contributed by atoms with van der Waals surface area (Å²) in [6, 6.07) is -11.1. The fourth-order valence-electron chi connectivity index (χ4n) is 16.6. The van der Waals surface area contributed by atoms with E-state index >= 15 is 37.5 Å². The van der Waals surface area contributed by atoms with E-state index in [1.165, 1.54) is 83.1 Å². The number of rotatable bonds is 13. The van der Waals surface area contributed by atoms with Gasteiger partial charge in [-0.3, -0.25) is 57.5 Å². The van der Waals surface area contributed by atoms with Crippen LogP contribution in [0.2, 0.25) is 0 Å². The van der Waals surface area contributed by atoms with Gasteiger partial charge < -0.3 is 69.5 Å². The molecule has 2 bridgehead atoms. The average molecular weight is 1490 g/mol. The molecule has 7 aliphatic rings. The Morgan fingerprint density at radius 2 is 1.26 bits per heavy atom. The van der Waals surface area contributed by atoms with Crippen LogP contribution in [0.4, 0.5) is 26.3 Å². The van der Waals surface area contributed by atoms with E-state index in [9.17, 15) is 46.3 Å². The Hall–Kier alpha value is -6.86. The smallest absolute Gasteiger partial charge is 0.382 e. The molecule has 7 fully saturated rings. The summed E-state index contributed by atoms with van der Waals surface area (Å²) >= 11 is 0. The minimum Gasteiger partial charge on any atom is -0.382 e. The maximum Gasteiger partial charge on any atom is 0.397 e. The topological polar surface area (TPSA) is 289 Å². The number of alkyl halides is 6. The molecule has 588 valence electrons. The second kappa shape index (κ2) is 37.1. The van der Waals surface area contributed by atoms with Gasteiger partial charge in [-0.25, -0.2) is 13.2 Å². The van der Waals surface area contributed by atoms with Crippen molar-refractivity contribution < 1.29 is 93.4 Å². The number of carbonyl (C=O) groups excluding carboxylic acids is 12. The number of nitrogens with one attached hydrogen (secondary N) is 3. The first kappa shape index (κ1) is 84.4. The highest BCUT2D eigenvalue weighted by atomic mass is 19.4. The lowest BCUT2D eigenvalue weighted by atomic mass is 9.74. The molecule has 3 aliphatic heterocycles. The number of carbonyl (C=O) groups is 12. The molecule has 0 aromatic heterocycles. The molecule has 0 aromatic carbocycles. The molecule has 12 atom stereocenters. The Labute approximate surface area is 607 Å². The molecule has 104 heavy (non-hydrogen) atoms. The van der Waals surface area contributed by atoms with E-state index in [1.807, 2.05) is 0 Å². The zero-order valence-corrected chi connectivity index (χ0v) is 62.8. The molecule has 4 aliphatic carbocycles. The van der Waals surface area contributed by atoms with Gasteiger partial charge in [-0.15, -0.1) is 0 Å². The van der Waals surface area contributed by atoms with Crippen LogP contribution in [0.3, 0.4) is 0 Å². The van der Waals surface area contributed by atoms with Crippen molar-refractivity contribution in [1.82, 2.24) is 60.0 Å². The molecular weight excluding hydrogens is 1370 g/mol. The zero-order valence-electron chi connectivity index (χ0n) is 62.8. The minimum atomic E-state index is -5.19. The number of amides is 12. The normalized spacial score (nSPS) is 32.4. The first-order valence-electron chi connectivity index (χ1n) is 37.4. The molecule has 0 radical (unpaired) electrons. The summed E-state index contributed by atoms with van der Waals surface area (Å²) in [7, 11) is 12.3. The van der Waals surface area contributed by atoms with Gasteiger partial charge in [0, 0.05) is 89.6 Å². The van der Waals surface area contributed by atoms with Gasteiger partial charge in [0.1, 0.15) is 78.3 Å². The largest absolute Gasteiger partial charge is 0.397 e. The maximum atomic E-state index is 15.5. The van der Waals surface area contributed by atoms with Crippen molar-refractivity contribution in [3.63, 3.8) is 0 Å². The minimum absolute atomic E-state index is 0.0263. The van der Waals surface area contributed by atoms with Crippen LogP contribution in [0, 0.1) is 29.6 Å². The van der Waals surface area contributed by atoms with Crippen molar-refractivity contribution in [3.05, 3.63) is 0 Å². The number of ether oxygens (including phenoxy) is 2. The highest BCUT2D eigenvalue weighted by Gasteiger charge is 2.56. The molecule has 0 aromatic rings. The summed E-state index contributed by atoms with van der Waals surface area (Å²) in [5.74, 6) is -14.3. The van der Waals surface area contributed by atoms with E-state index in [0.717, 1.165) is 24.5 Å². The number of likely N-dealkylation sites (N-methyl/N-ethyl adjacent to an activating group) is 7. The zero-order chi connectivity index (χ0) is 77.0. The maximum absolute atomic E-state index is 15.5. The molecule has 32 heteroatoms. The lowest BCUT2D eigenvalue weighted by Gasteiger charge is -2.46. The lowest BCUT2D eigenvalue weighted by Crippen LogP contribution is -2.68. The van der Waals surface area contributed by atoms with E-state index < -0.39 is 225 Å². The quantitative estimate of drug-likeness (QED) is 0.217. The standard InChI is InChI=1S/C72H114F6N12O14/c1-13-42(3)60-68(100)84(7)40-58(93)85(8)51-23-16-15-19-32-89(67(51)99)54(35-43-24-27-46(73)28-25-43)66(98)83(6)39-56(91)79-50(29-26-44-33-48(74)59(49(75)34-44)72(76,77)78)64(96)90-38-47(104-14-2)36-52(90)63(95)81-71(30-20-31-71)70(102)88(11)61(45-21-17-18-22-45)69(101)87(10)53(65(97)82(4)5)37-57(92)86(9)55(41-103-12)62(94)80-60/h42-55,59-61H,13-41H2,1-12H3,(H,79,91)(H,80,94)(H,81,95)/t42-,43?,44?,46?,47+,48?,49?,50-,51-,52-,53-,54-,55-,59?,60-,61-/m0/s1. The van der Waals surface area contributed by atoms with Gasteiger partial charge in [0.05, 0.1) is 32.2 Å². The van der Waals surface area contributed by atoms with Gasteiger partial charge in [0.25, 0.3) is 0 Å². The van der Waals surface area contributed by atoms with Crippen LogP contribution >= 0.6 is 0 Å². The number of methoxy groups -OCH3 is 1. The highest BCUT2D eigenvalue weighted by molar-refractivity contribution is 6.01. The Bertz CT molecular complexity index is 3030. The summed E-state index contributed by atoms with van der Waals surface area (Å²) < 4.78 is 99.0. The molecule has 3 N–H and O–H groups in total. The van der Waals surface area contributed by atoms with Gasteiger partial charge in [-0.2, -0.15) is 13.2 Å². The SMILES string of the molecule is CCO[C@@H]1C[C@H]2C(=O)NC3(CCC3)C(=O)N(C)[C@@H](C3CCCC3)C(=O)N(C)[C@H](C(=O)N(C)C)CC(=O)N(C)[C@@H](COC)C(=O)N[C@@H]([C@@H](C)CC)C(=O)N(C)CC(=O)N(C)[C@H]3CCCCCN(C3=O)[C@@H](CC3CCC(F)CC3)C(=O)N(C)CC(=O)N[C@@H](CCC3CC(F)C(C(F)(F)F)C(F)C3)C(=O)N2C1. The molecule has 1 spiro atoms. The molecule has 2 unspecified atom stereocenters. The van der Waals surface area contributed by atoms with Gasteiger partial charge >= 0.3 is 6.18 Å². The Morgan fingerprint density at radius 1 is 0.635 bits per heavy atom. The number of nitrogens with zero attached hydrogens (tertiary/aromatic N) is 9. The third kappa shape index (κ3) is 20.2.